The van der Waals surface area contributed by atoms with Gasteiger partial charge >= 0.3 is 0 Å². The van der Waals surface area contributed by atoms with E-state index in [4.69, 9.17) is 4.98 Å². The number of piperidine rings is 1. The Morgan fingerprint density at radius 3 is 2.31 bits per heavy atom. The summed E-state index contributed by atoms with van der Waals surface area (Å²) in [4.78, 5) is 37.3. The number of rotatable bonds is 6. The van der Waals surface area contributed by atoms with Gasteiger partial charge in [-0.25, -0.2) is 4.52 Å². The number of amides is 2. The number of likely N-dealkylation sites (tertiary alicyclic amines) is 1. The molecule has 1 aromatic carbocycles. The van der Waals surface area contributed by atoms with E-state index < -0.39 is 0 Å². The molecule has 3 aromatic rings. The highest BCUT2D eigenvalue weighted by molar-refractivity contribution is 5.94. The summed E-state index contributed by atoms with van der Waals surface area (Å²) >= 11 is 0. The SMILES string of the molecule is CN1CCC(N(C)C(=O)c2ccc(Nc3nc4c(C5=CCN(C(=O)C6C(C)(C)C6(C)C)CC5)cccn4n3)cc2)CC1. The van der Waals surface area contributed by atoms with E-state index in [0.29, 0.717) is 24.6 Å². The minimum atomic E-state index is 0.0449. The van der Waals surface area contributed by atoms with Crippen LogP contribution in [0.2, 0.25) is 0 Å². The first-order chi connectivity index (χ1) is 20.0. The van der Waals surface area contributed by atoms with E-state index in [2.05, 4.69) is 62.2 Å². The Morgan fingerprint density at radius 2 is 1.69 bits per heavy atom. The van der Waals surface area contributed by atoms with Gasteiger partial charge < -0.3 is 20.0 Å². The molecule has 2 aromatic heterocycles. The second-order valence-corrected chi connectivity index (χ2v) is 13.4. The maximum absolute atomic E-state index is 13.2. The van der Waals surface area contributed by atoms with Gasteiger partial charge in [-0.2, -0.15) is 4.98 Å². The van der Waals surface area contributed by atoms with Gasteiger partial charge in [0.05, 0.1) is 0 Å². The van der Waals surface area contributed by atoms with Gasteiger partial charge in [-0.05, 0) is 92.2 Å². The van der Waals surface area contributed by atoms with Gasteiger partial charge in [0, 0.05) is 55.1 Å². The monoisotopic (exact) mass is 569 g/mol. The molecule has 0 spiro atoms. The Balaban J connectivity index is 1.12. The number of nitrogens with zero attached hydrogens (tertiary/aromatic N) is 6. The molecule has 222 valence electrons. The third-order valence-electron chi connectivity index (χ3n) is 10.4. The predicted octanol–water partition coefficient (Wildman–Crippen LogP) is 4.94. The zero-order chi connectivity index (χ0) is 29.8. The van der Waals surface area contributed by atoms with E-state index in [0.717, 1.165) is 49.2 Å². The number of aromatic nitrogens is 3. The molecule has 1 saturated heterocycles. The fourth-order valence-electron chi connectivity index (χ4n) is 6.90. The van der Waals surface area contributed by atoms with E-state index in [-0.39, 0.29) is 34.6 Å². The van der Waals surface area contributed by atoms with Crippen molar-refractivity contribution < 1.29 is 9.59 Å². The second kappa shape index (κ2) is 10.5. The Kier molecular flexibility index (Phi) is 7.12. The van der Waals surface area contributed by atoms with Crippen LogP contribution in [0.5, 0.6) is 0 Å². The molecule has 2 fully saturated rings. The average Bonchev–Trinajstić information content (AvgIpc) is 3.22. The molecule has 0 radical (unpaired) electrons. The fourth-order valence-corrected chi connectivity index (χ4v) is 6.90. The highest BCUT2D eigenvalue weighted by atomic mass is 16.2. The first-order valence-electron chi connectivity index (χ1n) is 15.1. The molecule has 2 aliphatic heterocycles. The minimum absolute atomic E-state index is 0.0449. The summed E-state index contributed by atoms with van der Waals surface area (Å²) in [6, 6.07) is 11.9. The molecule has 3 aliphatic rings. The van der Waals surface area contributed by atoms with Crippen molar-refractivity contribution in [2.45, 2.75) is 53.0 Å². The van der Waals surface area contributed by atoms with Crippen molar-refractivity contribution in [3.63, 3.8) is 0 Å². The lowest BCUT2D eigenvalue weighted by Crippen LogP contribution is -2.44. The van der Waals surface area contributed by atoms with Crippen LogP contribution in [0.25, 0.3) is 11.2 Å². The number of anilines is 2. The number of carbonyl (C=O) groups excluding carboxylic acids is 2. The van der Waals surface area contributed by atoms with Crippen LogP contribution in [0, 0.1) is 16.7 Å². The molecule has 4 heterocycles. The molecule has 0 unspecified atom stereocenters. The normalized spacial score (nSPS) is 20.8. The Hall–Kier alpha value is -3.72. The molecule has 1 saturated carbocycles. The van der Waals surface area contributed by atoms with Crippen LogP contribution in [0.4, 0.5) is 11.6 Å². The second-order valence-electron chi connectivity index (χ2n) is 13.4. The fraction of sp³-hybridized carbons (Fsp3) is 0.515. The number of fused-ring (bicyclic) bond motifs is 1. The maximum atomic E-state index is 13.2. The maximum Gasteiger partial charge on any atom is 0.253 e. The van der Waals surface area contributed by atoms with Crippen molar-refractivity contribution in [1.82, 2.24) is 29.3 Å². The molecule has 42 heavy (non-hydrogen) atoms. The van der Waals surface area contributed by atoms with Crippen LogP contribution in [0.1, 0.15) is 62.9 Å². The van der Waals surface area contributed by atoms with Gasteiger partial charge in [0.1, 0.15) is 0 Å². The van der Waals surface area contributed by atoms with Gasteiger partial charge in [0.2, 0.25) is 11.9 Å². The lowest BCUT2D eigenvalue weighted by Gasteiger charge is -2.35. The van der Waals surface area contributed by atoms with Crippen LogP contribution in [0.15, 0.2) is 48.7 Å². The zero-order valence-corrected chi connectivity index (χ0v) is 25.7. The highest BCUT2D eigenvalue weighted by Gasteiger charge is 2.68. The lowest BCUT2D eigenvalue weighted by atomic mass is 9.99. The number of hydrogen-bond acceptors (Lipinski definition) is 6. The molecule has 1 N–H and O–H groups in total. The van der Waals surface area contributed by atoms with Crippen LogP contribution >= 0.6 is 0 Å². The molecule has 9 heteroatoms. The van der Waals surface area contributed by atoms with Crippen LogP contribution in [0.3, 0.4) is 0 Å². The average molecular weight is 570 g/mol. The van der Waals surface area contributed by atoms with Crippen molar-refractivity contribution in [3.05, 3.63) is 59.8 Å². The molecule has 0 atom stereocenters. The van der Waals surface area contributed by atoms with E-state index in [1.54, 1.807) is 4.52 Å². The van der Waals surface area contributed by atoms with E-state index in [1.807, 2.05) is 53.4 Å². The molecular formula is C33H43N7O2. The highest BCUT2D eigenvalue weighted by Crippen LogP contribution is 2.68. The summed E-state index contributed by atoms with van der Waals surface area (Å²) in [5, 5.41) is 7.94. The van der Waals surface area contributed by atoms with Crippen LogP contribution < -0.4 is 5.32 Å². The molecule has 2 amide bonds. The van der Waals surface area contributed by atoms with Crippen molar-refractivity contribution in [1.29, 1.82) is 0 Å². The van der Waals surface area contributed by atoms with Gasteiger partial charge in [0.25, 0.3) is 5.91 Å². The number of pyridine rings is 1. The quantitative estimate of drug-likeness (QED) is 0.453. The number of nitrogens with one attached hydrogen (secondary N) is 1. The molecular weight excluding hydrogens is 526 g/mol. The predicted molar refractivity (Wildman–Crippen MR) is 166 cm³/mol. The number of benzene rings is 1. The van der Waals surface area contributed by atoms with Crippen LogP contribution in [-0.4, -0.2) is 87.4 Å². The molecule has 0 bridgehead atoms. The Labute approximate surface area is 248 Å². The van der Waals surface area contributed by atoms with Gasteiger partial charge in [0.15, 0.2) is 5.65 Å². The Bertz CT molecular complexity index is 1520. The summed E-state index contributed by atoms with van der Waals surface area (Å²) in [6.07, 6.45) is 6.86. The first kappa shape index (κ1) is 28.4. The van der Waals surface area contributed by atoms with Crippen molar-refractivity contribution in [3.8, 4) is 0 Å². The van der Waals surface area contributed by atoms with Crippen molar-refractivity contribution >= 4 is 34.7 Å². The zero-order valence-electron chi connectivity index (χ0n) is 25.7. The van der Waals surface area contributed by atoms with Crippen molar-refractivity contribution in [2.24, 2.45) is 16.7 Å². The lowest BCUT2D eigenvalue weighted by molar-refractivity contribution is -0.133. The summed E-state index contributed by atoms with van der Waals surface area (Å²) in [5.74, 6) is 0.906. The van der Waals surface area contributed by atoms with Gasteiger partial charge in [-0.15, -0.1) is 5.10 Å². The minimum Gasteiger partial charge on any atom is -0.339 e. The molecule has 9 nitrogen and oxygen atoms in total. The largest absolute Gasteiger partial charge is 0.339 e. The topological polar surface area (TPSA) is 86.1 Å². The first-order valence-corrected chi connectivity index (χ1v) is 15.1. The van der Waals surface area contributed by atoms with Crippen LogP contribution in [-0.2, 0) is 4.79 Å². The summed E-state index contributed by atoms with van der Waals surface area (Å²) in [5.41, 5.74) is 4.60. The van der Waals surface area contributed by atoms with Crippen molar-refractivity contribution in [2.75, 3.05) is 45.6 Å². The Morgan fingerprint density at radius 1 is 1.00 bits per heavy atom. The van der Waals surface area contributed by atoms with E-state index in [1.165, 1.54) is 5.57 Å². The van der Waals surface area contributed by atoms with E-state index in [9.17, 15) is 9.59 Å². The smallest absolute Gasteiger partial charge is 0.253 e. The summed E-state index contributed by atoms with van der Waals surface area (Å²) < 4.78 is 1.79. The van der Waals surface area contributed by atoms with Gasteiger partial charge in [-0.1, -0.05) is 33.8 Å². The number of carbonyl (C=O) groups is 2. The van der Waals surface area contributed by atoms with Gasteiger partial charge in [-0.3, -0.25) is 9.59 Å². The standard InChI is InChI=1S/C33H43N7O2/c1-32(2)27(33(32,3)4)30(42)39-20-13-22(14-21-39)26-8-7-17-40-28(26)35-31(36-40)34-24-11-9-23(10-12-24)29(41)38(6)25-15-18-37(5)19-16-25/h7-13,17,25,27H,14-16,18-21H2,1-6H3,(H,34,36). The summed E-state index contributed by atoms with van der Waals surface area (Å²) in [7, 11) is 4.04. The molecule has 1 aliphatic carbocycles. The molecule has 6 rings (SSSR count). The third kappa shape index (κ3) is 4.97. The third-order valence-corrected chi connectivity index (χ3v) is 10.4. The summed E-state index contributed by atoms with van der Waals surface area (Å²) in [6.45, 7) is 12.2. The number of hydrogen-bond donors (Lipinski definition) is 1. The van der Waals surface area contributed by atoms with E-state index >= 15 is 0 Å².